The van der Waals surface area contributed by atoms with Crippen LogP contribution in [0.5, 0.6) is 23.0 Å². The SMILES string of the molecule is O=Cc1cccc2c(O)c(O)c(O)c(O)c12. The van der Waals surface area contributed by atoms with Gasteiger partial charge in [0.15, 0.2) is 17.8 Å². The molecule has 0 aliphatic rings. The highest BCUT2D eigenvalue weighted by Crippen LogP contribution is 2.49. The molecule has 5 heteroatoms. The Hall–Kier alpha value is -2.43. The number of benzene rings is 2. The van der Waals surface area contributed by atoms with Crippen molar-refractivity contribution in [2.75, 3.05) is 0 Å². The second kappa shape index (κ2) is 3.30. The number of hydrogen-bond acceptors (Lipinski definition) is 5. The summed E-state index contributed by atoms with van der Waals surface area (Å²) in [5.41, 5.74) is 0.112. The molecule has 0 aromatic heterocycles. The molecule has 0 amide bonds. The molecule has 2 rings (SSSR count). The quantitative estimate of drug-likeness (QED) is 0.331. The monoisotopic (exact) mass is 220 g/mol. The van der Waals surface area contributed by atoms with Gasteiger partial charge in [0, 0.05) is 16.3 Å². The van der Waals surface area contributed by atoms with Crippen LogP contribution in [0.1, 0.15) is 10.4 Å². The van der Waals surface area contributed by atoms with E-state index in [1.807, 2.05) is 0 Å². The summed E-state index contributed by atoms with van der Waals surface area (Å²) < 4.78 is 0. The van der Waals surface area contributed by atoms with E-state index in [0.717, 1.165) is 0 Å². The van der Waals surface area contributed by atoms with Crippen LogP contribution in [0, 0.1) is 0 Å². The van der Waals surface area contributed by atoms with Gasteiger partial charge >= 0.3 is 0 Å². The molecule has 0 fully saturated rings. The molecular weight excluding hydrogens is 212 g/mol. The number of fused-ring (bicyclic) bond motifs is 1. The fourth-order valence-electron chi connectivity index (χ4n) is 1.60. The maximum absolute atomic E-state index is 10.7. The highest BCUT2D eigenvalue weighted by atomic mass is 16.3. The Morgan fingerprint density at radius 3 is 2.12 bits per heavy atom. The first-order valence-electron chi connectivity index (χ1n) is 4.41. The Balaban J connectivity index is 3.08. The van der Waals surface area contributed by atoms with Crippen molar-refractivity contribution < 1.29 is 25.2 Å². The highest BCUT2D eigenvalue weighted by molar-refractivity contribution is 6.06. The second-order valence-corrected chi connectivity index (χ2v) is 3.28. The second-order valence-electron chi connectivity index (χ2n) is 3.28. The summed E-state index contributed by atoms with van der Waals surface area (Å²) in [7, 11) is 0. The Morgan fingerprint density at radius 1 is 0.875 bits per heavy atom. The van der Waals surface area contributed by atoms with Gasteiger partial charge in [0.05, 0.1) is 0 Å². The molecule has 5 nitrogen and oxygen atoms in total. The lowest BCUT2D eigenvalue weighted by atomic mass is 10.0. The topological polar surface area (TPSA) is 98.0 Å². The molecule has 2 aromatic carbocycles. The van der Waals surface area contributed by atoms with Gasteiger partial charge < -0.3 is 20.4 Å². The number of phenolic OH excluding ortho intramolecular Hbond substituents is 4. The van der Waals surface area contributed by atoms with E-state index in [1.165, 1.54) is 18.2 Å². The summed E-state index contributed by atoms with van der Waals surface area (Å²) in [6.45, 7) is 0. The van der Waals surface area contributed by atoms with Gasteiger partial charge in [-0.25, -0.2) is 0 Å². The molecule has 0 atom stereocenters. The van der Waals surface area contributed by atoms with Gasteiger partial charge in [-0.05, 0) is 0 Å². The normalized spacial score (nSPS) is 10.5. The van der Waals surface area contributed by atoms with E-state index in [2.05, 4.69) is 0 Å². The summed E-state index contributed by atoms with van der Waals surface area (Å²) >= 11 is 0. The lowest BCUT2D eigenvalue weighted by molar-refractivity contribution is 0.112. The lowest BCUT2D eigenvalue weighted by Crippen LogP contribution is -1.86. The Kier molecular flexibility index (Phi) is 2.09. The standard InChI is InChI=1S/C11H8O5/c12-4-5-2-1-3-6-7(5)9(14)11(16)10(15)8(6)13/h1-4,13-16H. The predicted octanol–water partition coefficient (Wildman–Crippen LogP) is 1.47. The van der Waals surface area contributed by atoms with Crippen molar-refractivity contribution in [2.24, 2.45) is 0 Å². The van der Waals surface area contributed by atoms with Gasteiger partial charge in [0.1, 0.15) is 0 Å². The summed E-state index contributed by atoms with van der Waals surface area (Å²) in [5, 5.41) is 37.9. The predicted molar refractivity (Wildman–Crippen MR) is 56.0 cm³/mol. The largest absolute Gasteiger partial charge is 0.504 e. The van der Waals surface area contributed by atoms with E-state index in [0.29, 0.717) is 6.29 Å². The fourth-order valence-corrected chi connectivity index (χ4v) is 1.60. The van der Waals surface area contributed by atoms with Gasteiger partial charge in [-0.2, -0.15) is 0 Å². The minimum absolute atomic E-state index is 0.00491. The summed E-state index contributed by atoms with van der Waals surface area (Å²) in [5.74, 6) is -2.87. The van der Waals surface area contributed by atoms with E-state index >= 15 is 0 Å². The van der Waals surface area contributed by atoms with Gasteiger partial charge in [-0.1, -0.05) is 18.2 Å². The van der Waals surface area contributed by atoms with Crippen LogP contribution in [0.15, 0.2) is 18.2 Å². The maximum Gasteiger partial charge on any atom is 0.204 e. The molecule has 16 heavy (non-hydrogen) atoms. The van der Waals surface area contributed by atoms with Gasteiger partial charge in [0.2, 0.25) is 11.5 Å². The molecule has 0 aliphatic carbocycles. The zero-order valence-electron chi connectivity index (χ0n) is 8.01. The van der Waals surface area contributed by atoms with E-state index in [-0.39, 0.29) is 16.3 Å². The van der Waals surface area contributed by atoms with E-state index in [4.69, 9.17) is 0 Å². The first-order valence-corrected chi connectivity index (χ1v) is 4.41. The van der Waals surface area contributed by atoms with Crippen LogP contribution in [0.3, 0.4) is 0 Å². The van der Waals surface area contributed by atoms with Crippen LogP contribution in [0.4, 0.5) is 0 Å². The molecule has 2 aromatic rings. The number of aromatic hydroxyl groups is 4. The summed E-state index contributed by atoms with van der Waals surface area (Å²) in [6.07, 6.45) is 0.484. The molecule has 0 saturated carbocycles. The summed E-state index contributed by atoms with van der Waals surface area (Å²) in [4.78, 5) is 10.7. The number of aldehydes is 1. The van der Waals surface area contributed by atoms with Gasteiger partial charge in [-0.15, -0.1) is 0 Å². The number of carbonyl (C=O) groups is 1. The first kappa shape index (κ1) is 10.1. The van der Waals surface area contributed by atoms with Crippen molar-refractivity contribution in [3.05, 3.63) is 23.8 Å². The van der Waals surface area contributed by atoms with Gasteiger partial charge in [0.25, 0.3) is 0 Å². The molecular formula is C11H8O5. The third-order valence-electron chi connectivity index (χ3n) is 2.39. The number of hydrogen-bond donors (Lipinski definition) is 4. The Morgan fingerprint density at radius 2 is 1.50 bits per heavy atom. The molecule has 4 N–H and O–H groups in total. The van der Waals surface area contributed by atoms with Crippen LogP contribution in [0.2, 0.25) is 0 Å². The minimum Gasteiger partial charge on any atom is -0.504 e. The molecule has 0 radical (unpaired) electrons. The van der Waals surface area contributed by atoms with Crippen molar-refractivity contribution in [1.29, 1.82) is 0 Å². The molecule has 0 bridgehead atoms. The van der Waals surface area contributed by atoms with Crippen molar-refractivity contribution in [2.45, 2.75) is 0 Å². The van der Waals surface area contributed by atoms with Crippen LogP contribution in [0.25, 0.3) is 10.8 Å². The fraction of sp³-hybridized carbons (Fsp3) is 0. The molecule has 0 saturated heterocycles. The number of rotatable bonds is 1. The van der Waals surface area contributed by atoms with Crippen LogP contribution in [-0.4, -0.2) is 26.7 Å². The van der Waals surface area contributed by atoms with E-state index < -0.39 is 23.0 Å². The third kappa shape index (κ3) is 1.15. The van der Waals surface area contributed by atoms with E-state index in [1.54, 1.807) is 0 Å². The molecule has 0 unspecified atom stereocenters. The average molecular weight is 220 g/mol. The zero-order valence-corrected chi connectivity index (χ0v) is 8.01. The van der Waals surface area contributed by atoms with E-state index in [9.17, 15) is 25.2 Å². The van der Waals surface area contributed by atoms with Crippen LogP contribution in [-0.2, 0) is 0 Å². The van der Waals surface area contributed by atoms with Gasteiger partial charge in [-0.3, -0.25) is 4.79 Å². The van der Waals surface area contributed by atoms with Crippen molar-refractivity contribution in [3.8, 4) is 23.0 Å². The Labute approximate surface area is 89.8 Å². The highest BCUT2D eigenvalue weighted by Gasteiger charge is 2.19. The minimum atomic E-state index is -0.848. The van der Waals surface area contributed by atoms with Crippen molar-refractivity contribution in [3.63, 3.8) is 0 Å². The maximum atomic E-state index is 10.7. The van der Waals surface area contributed by atoms with Crippen LogP contribution >= 0.6 is 0 Å². The molecule has 0 heterocycles. The average Bonchev–Trinajstić information content (AvgIpc) is 2.32. The smallest absolute Gasteiger partial charge is 0.204 e. The van der Waals surface area contributed by atoms with Crippen LogP contribution < -0.4 is 0 Å². The summed E-state index contributed by atoms with van der Waals surface area (Å²) in [6, 6.07) is 4.32. The van der Waals surface area contributed by atoms with Crippen molar-refractivity contribution in [1.82, 2.24) is 0 Å². The number of phenols is 4. The third-order valence-corrected chi connectivity index (χ3v) is 2.39. The molecule has 0 aliphatic heterocycles. The van der Waals surface area contributed by atoms with Crippen molar-refractivity contribution >= 4 is 17.1 Å². The molecule has 82 valence electrons. The molecule has 0 spiro atoms. The first-order chi connectivity index (χ1) is 7.57. The Bertz CT molecular complexity index is 589. The lowest BCUT2D eigenvalue weighted by Gasteiger charge is -2.09. The number of carbonyl (C=O) groups excluding carboxylic acids is 1. The zero-order chi connectivity index (χ0) is 11.9.